The van der Waals surface area contributed by atoms with Crippen molar-refractivity contribution in [2.24, 2.45) is 0 Å². The number of aliphatic hydroxyl groups excluding tert-OH is 1. The van der Waals surface area contributed by atoms with Gasteiger partial charge in [0.15, 0.2) is 0 Å². The van der Waals surface area contributed by atoms with Crippen LogP contribution < -0.4 is 0 Å². The second-order valence-electron chi connectivity index (χ2n) is 5.11. The summed E-state index contributed by atoms with van der Waals surface area (Å²) in [6.45, 7) is 1.81. The van der Waals surface area contributed by atoms with Crippen molar-refractivity contribution in [2.75, 3.05) is 5.75 Å². The number of benzene rings is 2. The van der Waals surface area contributed by atoms with Gasteiger partial charge in [0.1, 0.15) is 0 Å². The predicted molar refractivity (Wildman–Crippen MR) is 87.6 cm³/mol. The number of hydrogen-bond donors (Lipinski definition) is 1. The van der Waals surface area contributed by atoms with Crippen LogP contribution in [0.5, 0.6) is 0 Å². The van der Waals surface area contributed by atoms with Crippen molar-refractivity contribution in [2.45, 2.75) is 34.5 Å². The lowest BCUT2D eigenvalue weighted by atomic mass is 10.1. The Morgan fingerprint density at radius 2 is 2.10 bits per heavy atom. The van der Waals surface area contributed by atoms with Gasteiger partial charge < -0.3 is 5.11 Å². The molecular weight excluding hydrogens is 284 g/mol. The topological polar surface area (TPSA) is 20.2 Å². The van der Waals surface area contributed by atoms with E-state index in [-0.39, 0.29) is 6.10 Å². The zero-order valence-corrected chi connectivity index (χ0v) is 13.1. The zero-order chi connectivity index (χ0) is 13.9. The quantitative estimate of drug-likeness (QED) is 0.837. The second-order valence-corrected chi connectivity index (χ2v) is 7.55. The first-order chi connectivity index (χ1) is 9.72. The van der Waals surface area contributed by atoms with E-state index in [0.29, 0.717) is 5.25 Å². The summed E-state index contributed by atoms with van der Waals surface area (Å²) in [5, 5.41) is 10.3. The Kier molecular flexibility index (Phi) is 4.39. The summed E-state index contributed by atoms with van der Waals surface area (Å²) >= 11 is 3.88. The molecule has 2 atom stereocenters. The van der Waals surface area contributed by atoms with Gasteiger partial charge in [-0.25, -0.2) is 0 Å². The third kappa shape index (κ3) is 3.22. The molecule has 0 bridgehead atoms. The van der Waals surface area contributed by atoms with E-state index in [2.05, 4.69) is 36.4 Å². The Balaban J connectivity index is 1.60. The van der Waals surface area contributed by atoms with E-state index in [9.17, 15) is 5.11 Å². The molecule has 20 heavy (non-hydrogen) atoms. The molecule has 2 aromatic rings. The fourth-order valence-corrected chi connectivity index (χ4v) is 4.85. The van der Waals surface area contributed by atoms with Crippen LogP contribution in [-0.2, 0) is 6.42 Å². The monoisotopic (exact) mass is 302 g/mol. The van der Waals surface area contributed by atoms with E-state index in [4.69, 9.17) is 0 Å². The Bertz CT molecular complexity index is 570. The standard InChI is InChI=1S/C17H18OS2/c1-12(18)13-6-4-7-15(9-13)19-11-16-10-14-5-2-3-8-17(14)20-16/h2-9,12,16,18H,10-11H2,1H3. The van der Waals surface area contributed by atoms with E-state index < -0.39 is 0 Å². The summed E-state index contributed by atoms with van der Waals surface area (Å²) in [4.78, 5) is 2.69. The van der Waals surface area contributed by atoms with Crippen LogP contribution >= 0.6 is 23.5 Å². The molecule has 104 valence electrons. The van der Waals surface area contributed by atoms with Crippen molar-refractivity contribution in [3.05, 3.63) is 59.7 Å². The highest BCUT2D eigenvalue weighted by atomic mass is 32.2. The SMILES string of the molecule is CC(O)c1cccc(SCC2Cc3ccccc3S2)c1. The normalized spacial score (nSPS) is 18.8. The molecule has 3 rings (SSSR count). The lowest BCUT2D eigenvalue weighted by molar-refractivity contribution is 0.199. The summed E-state index contributed by atoms with van der Waals surface area (Å²) in [5.41, 5.74) is 2.48. The Hall–Kier alpha value is -0.900. The predicted octanol–water partition coefficient (Wildman–Crippen LogP) is 4.55. The molecule has 0 fully saturated rings. The Morgan fingerprint density at radius 3 is 2.90 bits per heavy atom. The Labute approximate surface area is 128 Å². The van der Waals surface area contributed by atoms with Crippen LogP contribution in [0.4, 0.5) is 0 Å². The minimum absolute atomic E-state index is 0.388. The summed E-state index contributed by atoms with van der Waals surface area (Å²) in [6, 6.07) is 16.9. The smallest absolute Gasteiger partial charge is 0.0762 e. The van der Waals surface area contributed by atoms with Gasteiger partial charge in [-0.2, -0.15) is 0 Å². The van der Waals surface area contributed by atoms with Crippen molar-refractivity contribution in [3.63, 3.8) is 0 Å². The third-order valence-electron chi connectivity index (χ3n) is 3.49. The fraction of sp³-hybridized carbons (Fsp3) is 0.294. The average Bonchev–Trinajstić information content (AvgIpc) is 2.88. The lowest BCUT2D eigenvalue weighted by Crippen LogP contribution is -2.04. The average molecular weight is 302 g/mol. The zero-order valence-electron chi connectivity index (χ0n) is 11.5. The van der Waals surface area contributed by atoms with Gasteiger partial charge in [0, 0.05) is 20.8 Å². The first kappa shape index (κ1) is 14.1. The van der Waals surface area contributed by atoms with Crippen LogP contribution in [0.2, 0.25) is 0 Å². The van der Waals surface area contributed by atoms with Gasteiger partial charge in [-0.15, -0.1) is 23.5 Å². The Morgan fingerprint density at radius 1 is 1.25 bits per heavy atom. The van der Waals surface area contributed by atoms with Crippen molar-refractivity contribution in [1.82, 2.24) is 0 Å². The van der Waals surface area contributed by atoms with Crippen molar-refractivity contribution in [3.8, 4) is 0 Å². The molecule has 0 saturated heterocycles. The maximum atomic E-state index is 9.63. The first-order valence-corrected chi connectivity index (χ1v) is 8.74. The number of fused-ring (bicyclic) bond motifs is 1. The fourth-order valence-electron chi connectivity index (χ4n) is 2.40. The van der Waals surface area contributed by atoms with E-state index in [1.807, 2.05) is 42.6 Å². The van der Waals surface area contributed by atoms with Crippen LogP contribution in [0.25, 0.3) is 0 Å². The molecule has 0 spiro atoms. The molecular formula is C17H18OS2. The van der Waals surface area contributed by atoms with Crippen LogP contribution in [0.1, 0.15) is 24.2 Å². The summed E-state index contributed by atoms with van der Waals surface area (Å²) < 4.78 is 0. The van der Waals surface area contributed by atoms with Crippen LogP contribution in [0.15, 0.2) is 58.3 Å². The van der Waals surface area contributed by atoms with Gasteiger partial charge in [0.05, 0.1) is 6.10 Å². The number of rotatable bonds is 4. The van der Waals surface area contributed by atoms with Gasteiger partial charge in [0.2, 0.25) is 0 Å². The van der Waals surface area contributed by atoms with E-state index in [1.165, 1.54) is 21.8 Å². The van der Waals surface area contributed by atoms with Crippen LogP contribution in [0, 0.1) is 0 Å². The van der Waals surface area contributed by atoms with Crippen LogP contribution in [0.3, 0.4) is 0 Å². The molecule has 1 N–H and O–H groups in total. The summed E-state index contributed by atoms with van der Waals surface area (Å²) in [7, 11) is 0. The molecule has 0 saturated carbocycles. The largest absolute Gasteiger partial charge is 0.389 e. The molecule has 3 heteroatoms. The highest BCUT2D eigenvalue weighted by molar-refractivity contribution is 8.03. The molecule has 0 radical (unpaired) electrons. The number of thioether (sulfide) groups is 2. The number of aliphatic hydroxyl groups is 1. The molecule has 1 heterocycles. The first-order valence-electron chi connectivity index (χ1n) is 6.88. The van der Waals surface area contributed by atoms with Gasteiger partial charge >= 0.3 is 0 Å². The molecule has 2 aromatic carbocycles. The van der Waals surface area contributed by atoms with Crippen molar-refractivity contribution < 1.29 is 5.11 Å². The highest BCUT2D eigenvalue weighted by Gasteiger charge is 2.21. The lowest BCUT2D eigenvalue weighted by Gasteiger charge is -2.10. The van der Waals surface area contributed by atoms with Gasteiger partial charge in [-0.3, -0.25) is 0 Å². The van der Waals surface area contributed by atoms with Gasteiger partial charge in [-0.05, 0) is 42.7 Å². The minimum atomic E-state index is -0.388. The van der Waals surface area contributed by atoms with E-state index >= 15 is 0 Å². The molecule has 0 amide bonds. The maximum absolute atomic E-state index is 9.63. The maximum Gasteiger partial charge on any atom is 0.0762 e. The minimum Gasteiger partial charge on any atom is -0.389 e. The summed E-state index contributed by atoms with van der Waals surface area (Å²) in [5.74, 6) is 1.11. The molecule has 2 unspecified atom stereocenters. The van der Waals surface area contributed by atoms with Crippen LogP contribution in [-0.4, -0.2) is 16.1 Å². The van der Waals surface area contributed by atoms with E-state index in [1.54, 1.807) is 0 Å². The molecule has 1 nitrogen and oxygen atoms in total. The van der Waals surface area contributed by atoms with Crippen molar-refractivity contribution >= 4 is 23.5 Å². The highest BCUT2D eigenvalue weighted by Crippen LogP contribution is 2.39. The number of hydrogen-bond acceptors (Lipinski definition) is 3. The molecule has 1 aliphatic rings. The molecule has 1 aliphatic heterocycles. The second kappa shape index (κ2) is 6.25. The van der Waals surface area contributed by atoms with Gasteiger partial charge in [-0.1, -0.05) is 30.3 Å². The third-order valence-corrected chi connectivity index (χ3v) is 6.18. The van der Waals surface area contributed by atoms with Gasteiger partial charge in [0.25, 0.3) is 0 Å². The van der Waals surface area contributed by atoms with Crippen molar-refractivity contribution in [1.29, 1.82) is 0 Å². The molecule has 0 aromatic heterocycles. The molecule has 0 aliphatic carbocycles. The van der Waals surface area contributed by atoms with E-state index in [0.717, 1.165) is 11.3 Å². The summed E-state index contributed by atoms with van der Waals surface area (Å²) in [6.07, 6.45) is 0.782.